The molecule has 0 aliphatic rings. The standard InChI is InChI=1S/C28H27N3O4/c1-3-18-4-6-19(7-5-18)20-8-10-21(11-9-20)27(33)31-17(2)15-29-22-12-13-25-23(14-22)26(32)24(16-30-25)28(34)35/h4-14,16-17,29H,3,15H2,1-2H3,(H,30,32)(H,31,33)(H,34,35)/t17-/m0/s1. The van der Waals surface area contributed by atoms with E-state index in [0.717, 1.165) is 17.5 Å². The van der Waals surface area contributed by atoms with Crippen molar-refractivity contribution in [3.8, 4) is 11.1 Å². The van der Waals surface area contributed by atoms with Gasteiger partial charge < -0.3 is 20.7 Å². The van der Waals surface area contributed by atoms with Crippen LogP contribution < -0.4 is 16.1 Å². The fourth-order valence-electron chi connectivity index (χ4n) is 3.86. The lowest BCUT2D eigenvalue weighted by Gasteiger charge is -2.16. The second-order valence-electron chi connectivity index (χ2n) is 8.48. The van der Waals surface area contributed by atoms with Crippen LogP contribution in [0.25, 0.3) is 22.0 Å². The summed E-state index contributed by atoms with van der Waals surface area (Å²) in [5.41, 5.74) is 4.38. The van der Waals surface area contributed by atoms with Crippen LogP contribution in [-0.2, 0) is 6.42 Å². The van der Waals surface area contributed by atoms with E-state index in [1.54, 1.807) is 18.2 Å². The lowest BCUT2D eigenvalue weighted by Crippen LogP contribution is -2.37. The molecule has 0 spiro atoms. The minimum Gasteiger partial charge on any atom is -0.477 e. The average molecular weight is 470 g/mol. The predicted molar refractivity (Wildman–Crippen MR) is 138 cm³/mol. The molecule has 0 aliphatic carbocycles. The van der Waals surface area contributed by atoms with Crippen molar-refractivity contribution in [3.05, 3.63) is 99.8 Å². The Morgan fingerprint density at radius 1 is 0.971 bits per heavy atom. The molecule has 0 aliphatic heterocycles. The Bertz CT molecular complexity index is 1420. The first-order valence-corrected chi connectivity index (χ1v) is 11.5. The van der Waals surface area contributed by atoms with E-state index >= 15 is 0 Å². The summed E-state index contributed by atoms with van der Waals surface area (Å²) in [6, 6.07) is 20.8. The van der Waals surface area contributed by atoms with E-state index < -0.39 is 11.4 Å². The Morgan fingerprint density at radius 3 is 2.26 bits per heavy atom. The van der Waals surface area contributed by atoms with Gasteiger partial charge in [-0.2, -0.15) is 0 Å². The number of hydrogen-bond acceptors (Lipinski definition) is 4. The molecule has 4 aromatic rings. The first-order chi connectivity index (χ1) is 16.9. The highest BCUT2D eigenvalue weighted by Crippen LogP contribution is 2.21. The summed E-state index contributed by atoms with van der Waals surface area (Å²) in [4.78, 5) is 39.2. The summed E-state index contributed by atoms with van der Waals surface area (Å²) in [5, 5.41) is 15.6. The molecule has 1 amide bonds. The van der Waals surface area contributed by atoms with Crippen molar-refractivity contribution in [2.75, 3.05) is 11.9 Å². The molecule has 0 bridgehead atoms. The zero-order valence-electron chi connectivity index (χ0n) is 19.6. The Labute approximate surface area is 202 Å². The fraction of sp³-hybridized carbons (Fsp3) is 0.179. The van der Waals surface area contributed by atoms with E-state index in [1.165, 1.54) is 11.8 Å². The topological polar surface area (TPSA) is 111 Å². The third-order valence-corrected chi connectivity index (χ3v) is 5.94. The van der Waals surface area contributed by atoms with Crippen molar-refractivity contribution in [2.45, 2.75) is 26.3 Å². The smallest absolute Gasteiger partial charge is 0.341 e. The zero-order valence-corrected chi connectivity index (χ0v) is 19.6. The Kier molecular flexibility index (Phi) is 6.96. The van der Waals surface area contributed by atoms with E-state index in [-0.39, 0.29) is 22.9 Å². The number of carbonyl (C=O) groups is 2. The number of carbonyl (C=O) groups excluding carboxylic acids is 1. The van der Waals surface area contributed by atoms with Gasteiger partial charge in [-0.1, -0.05) is 43.3 Å². The second kappa shape index (κ2) is 10.3. The Balaban J connectivity index is 1.37. The van der Waals surface area contributed by atoms with Crippen LogP contribution in [0, 0.1) is 0 Å². The van der Waals surface area contributed by atoms with Gasteiger partial charge in [0.1, 0.15) is 5.56 Å². The first-order valence-electron chi connectivity index (χ1n) is 11.5. The van der Waals surface area contributed by atoms with Crippen molar-refractivity contribution in [2.24, 2.45) is 0 Å². The van der Waals surface area contributed by atoms with Crippen molar-refractivity contribution in [3.63, 3.8) is 0 Å². The summed E-state index contributed by atoms with van der Waals surface area (Å²) < 4.78 is 0. The van der Waals surface area contributed by atoms with Crippen molar-refractivity contribution >= 4 is 28.5 Å². The molecule has 178 valence electrons. The summed E-state index contributed by atoms with van der Waals surface area (Å²) in [6.45, 7) is 4.43. The molecular weight excluding hydrogens is 442 g/mol. The Hall–Kier alpha value is -4.39. The molecule has 1 heterocycles. The number of amides is 1. The Morgan fingerprint density at radius 2 is 1.63 bits per heavy atom. The molecule has 0 saturated heterocycles. The monoisotopic (exact) mass is 469 g/mol. The molecule has 35 heavy (non-hydrogen) atoms. The minimum absolute atomic E-state index is 0.173. The highest BCUT2D eigenvalue weighted by molar-refractivity contribution is 5.95. The van der Waals surface area contributed by atoms with E-state index in [4.69, 9.17) is 5.11 Å². The molecule has 0 saturated carbocycles. The molecule has 0 unspecified atom stereocenters. The van der Waals surface area contributed by atoms with E-state index in [9.17, 15) is 14.4 Å². The molecule has 7 heteroatoms. The number of hydrogen-bond donors (Lipinski definition) is 4. The summed E-state index contributed by atoms with van der Waals surface area (Å²) in [7, 11) is 0. The van der Waals surface area contributed by atoms with Gasteiger partial charge in [-0.15, -0.1) is 0 Å². The summed E-state index contributed by atoms with van der Waals surface area (Å²) in [6.07, 6.45) is 2.20. The molecule has 7 nitrogen and oxygen atoms in total. The normalized spacial score (nSPS) is 11.7. The highest BCUT2D eigenvalue weighted by Gasteiger charge is 2.13. The van der Waals surface area contributed by atoms with Crippen molar-refractivity contribution in [1.29, 1.82) is 0 Å². The summed E-state index contributed by atoms with van der Waals surface area (Å²) in [5.74, 6) is -1.45. The van der Waals surface area contributed by atoms with Crippen LogP contribution in [-0.4, -0.2) is 34.6 Å². The van der Waals surface area contributed by atoms with Crippen molar-refractivity contribution < 1.29 is 14.7 Å². The number of H-pyrrole nitrogens is 1. The average Bonchev–Trinajstić information content (AvgIpc) is 2.87. The fourth-order valence-corrected chi connectivity index (χ4v) is 3.86. The molecule has 3 aromatic carbocycles. The van der Waals surface area contributed by atoms with Gasteiger partial charge in [0.25, 0.3) is 5.91 Å². The van der Waals surface area contributed by atoms with Crippen LogP contribution in [0.4, 0.5) is 5.69 Å². The number of aromatic nitrogens is 1. The largest absolute Gasteiger partial charge is 0.477 e. The predicted octanol–water partition coefficient (Wildman–Crippen LogP) is 4.69. The number of aromatic amines is 1. The number of carboxylic acid groups (broad SMARTS) is 1. The van der Waals surface area contributed by atoms with Crippen LogP contribution in [0.1, 0.15) is 40.1 Å². The number of pyridine rings is 1. The SMILES string of the molecule is CCc1ccc(-c2ccc(C(=O)N[C@@H](C)CNc3ccc4[nH]cc(C(=O)O)c(=O)c4c3)cc2)cc1. The van der Waals surface area contributed by atoms with Crippen LogP contribution in [0.15, 0.2) is 77.7 Å². The third-order valence-electron chi connectivity index (χ3n) is 5.94. The highest BCUT2D eigenvalue weighted by atomic mass is 16.4. The number of nitrogens with one attached hydrogen (secondary N) is 3. The molecule has 0 radical (unpaired) electrons. The van der Waals surface area contributed by atoms with E-state index in [2.05, 4.69) is 46.8 Å². The van der Waals surface area contributed by atoms with Gasteiger partial charge in [0.05, 0.1) is 0 Å². The number of aryl methyl sites for hydroxylation is 1. The number of benzene rings is 3. The maximum absolute atomic E-state index is 12.7. The number of anilines is 1. The van der Waals surface area contributed by atoms with Gasteiger partial charge in [0, 0.05) is 40.9 Å². The van der Waals surface area contributed by atoms with Crippen LogP contribution in [0.2, 0.25) is 0 Å². The number of carboxylic acids is 1. The molecule has 1 atom stereocenters. The maximum atomic E-state index is 12.7. The van der Waals surface area contributed by atoms with Gasteiger partial charge in [0.2, 0.25) is 5.43 Å². The second-order valence-corrected chi connectivity index (χ2v) is 8.48. The molecular formula is C28H27N3O4. The van der Waals surface area contributed by atoms with Gasteiger partial charge in [0.15, 0.2) is 0 Å². The van der Waals surface area contributed by atoms with E-state index in [1.807, 2.05) is 31.2 Å². The van der Waals surface area contributed by atoms with Gasteiger partial charge in [-0.25, -0.2) is 4.79 Å². The van der Waals surface area contributed by atoms with Gasteiger partial charge in [-0.3, -0.25) is 9.59 Å². The quantitative estimate of drug-likeness (QED) is 0.299. The van der Waals surface area contributed by atoms with Crippen molar-refractivity contribution in [1.82, 2.24) is 10.3 Å². The molecule has 4 N–H and O–H groups in total. The molecule has 4 rings (SSSR count). The first kappa shape index (κ1) is 23.8. The lowest BCUT2D eigenvalue weighted by molar-refractivity contribution is 0.0695. The number of aromatic carboxylic acids is 1. The van der Waals surface area contributed by atoms with Crippen LogP contribution in [0.5, 0.6) is 0 Å². The van der Waals surface area contributed by atoms with Crippen LogP contribution >= 0.6 is 0 Å². The molecule has 0 fully saturated rings. The van der Waals surface area contributed by atoms with Gasteiger partial charge >= 0.3 is 5.97 Å². The zero-order chi connectivity index (χ0) is 24.9. The summed E-state index contributed by atoms with van der Waals surface area (Å²) >= 11 is 0. The lowest BCUT2D eigenvalue weighted by atomic mass is 10.0. The molecule has 1 aromatic heterocycles. The van der Waals surface area contributed by atoms with Gasteiger partial charge in [-0.05, 0) is 60.4 Å². The number of fused-ring (bicyclic) bond motifs is 1. The number of rotatable bonds is 8. The maximum Gasteiger partial charge on any atom is 0.341 e. The van der Waals surface area contributed by atoms with E-state index in [0.29, 0.717) is 23.3 Å². The third kappa shape index (κ3) is 5.41. The minimum atomic E-state index is -1.27. The van der Waals surface area contributed by atoms with Crippen LogP contribution in [0.3, 0.4) is 0 Å².